The van der Waals surface area contributed by atoms with Gasteiger partial charge in [-0.2, -0.15) is 5.10 Å². The highest BCUT2D eigenvalue weighted by Crippen LogP contribution is 2.29. The van der Waals surface area contributed by atoms with Crippen molar-refractivity contribution < 1.29 is 9.21 Å². The van der Waals surface area contributed by atoms with E-state index in [2.05, 4.69) is 15.5 Å². The maximum Gasteiger partial charge on any atom is 0.236 e. The molecule has 108 valence electrons. The quantitative estimate of drug-likeness (QED) is 0.584. The van der Waals surface area contributed by atoms with Crippen molar-refractivity contribution in [1.29, 1.82) is 0 Å². The van der Waals surface area contributed by atoms with Crippen LogP contribution < -0.4 is 5.32 Å². The van der Waals surface area contributed by atoms with Crippen molar-refractivity contribution in [2.75, 3.05) is 5.75 Å². The fourth-order valence-corrected chi connectivity index (χ4v) is 3.02. The predicted molar refractivity (Wildman–Crippen MR) is 89.3 cm³/mol. The Bertz CT molecular complexity index is 943. The Hall–Kier alpha value is -2.60. The number of carbonyl (C=O) groups excluding carboxylic acids is 1. The standard InChI is InChI=1S/C16H11N3O2S/c20-14-9-22-16(18-14)19-17-8-10-4-3-6-12-11-5-1-2-7-13(11)21-15(10)12/h1-8H,9H2,(H,18,19,20). The number of hydrogen-bond acceptors (Lipinski definition) is 5. The summed E-state index contributed by atoms with van der Waals surface area (Å²) in [7, 11) is 0. The summed E-state index contributed by atoms with van der Waals surface area (Å²) in [5.74, 6) is 0.353. The third kappa shape index (κ3) is 2.27. The van der Waals surface area contributed by atoms with E-state index in [1.807, 2.05) is 42.5 Å². The van der Waals surface area contributed by atoms with Gasteiger partial charge in [-0.3, -0.25) is 4.79 Å². The zero-order valence-electron chi connectivity index (χ0n) is 11.4. The molecule has 0 bridgehead atoms. The van der Waals surface area contributed by atoms with Crippen molar-refractivity contribution >= 4 is 51.0 Å². The topological polar surface area (TPSA) is 67.0 Å². The van der Waals surface area contributed by atoms with Gasteiger partial charge in [-0.25, -0.2) is 0 Å². The zero-order valence-corrected chi connectivity index (χ0v) is 12.3. The number of rotatable bonds is 2. The Morgan fingerprint density at radius 1 is 1.14 bits per heavy atom. The molecule has 4 rings (SSSR count). The minimum Gasteiger partial charge on any atom is -0.455 e. The SMILES string of the molecule is O=C1CSC(=NN=Cc2cccc3c2oc2ccccc23)N1. The zero-order chi connectivity index (χ0) is 14.9. The fourth-order valence-electron chi connectivity index (χ4n) is 2.39. The molecule has 1 aliphatic rings. The molecular weight excluding hydrogens is 298 g/mol. The lowest BCUT2D eigenvalue weighted by atomic mass is 10.1. The number of benzene rings is 2. The molecule has 5 nitrogen and oxygen atoms in total. The molecule has 0 aliphatic carbocycles. The summed E-state index contributed by atoms with van der Waals surface area (Å²) in [5.41, 5.74) is 2.49. The minimum absolute atomic E-state index is 0.0432. The molecule has 1 aromatic heterocycles. The summed E-state index contributed by atoms with van der Waals surface area (Å²) in [6, 6.07) is 13.8. The molecule has 22 heavy (non-hydrogen) atoms. The molecule has 0 radical (unpaired) electrons. The van der Waals surface area contributed by atoms with Gasteiger partial charge in [0.1, 0.15) is 11.2 Å². The highest BCUT2D eigenvalue weighted by molar-refractivity contribution is 8.15. The molecule has 3 aromatic rings. The van der Waals surface area contributed by atoms with Crippen LogP contribution in [0.3, 0.4) is 0 Å². The van der Waals surface area contributed by atoms with Gasteiger partial charge in [-0.15, -0.1) is 5.10 Å². The Morgan fingerprint density at radius 2 is 2.00 bits per heavy atom. The van der Waals surface area contributed by atoms with E-state index in [0.29, 0.717) is 10.9 Å². The number of amidine groups is 1. The predicted octanol–water partition coefficient (Wildman–Crippen LogP) is 3.14. The van der Waals surface area contributed by atoms with Gasteiger partial charge < -0.3 is 9.73 Å². The number of hydrogen-bond donors (Lipinski definition) is 1. The van der Waals surface area contributed by atoms with Crippen molar-refractivity contribution in [1.82, 2.24) is 5.32 Å². The van der Waals surface area contributed by atoms with Gasteiger partial charge in [-0.1, -0.05) is 42.1 Å². The number of furan rings is 1. The number of fused-ring (bicyclic) bond motifs is 3. The molecular formula is C16H11N3O2S. The molecule has 1 amide bonds. The van der Waals surface area contributed by atoms with Gasteiger partial charge in [-0.05, 0) is 12.1 Å². The van der Waals surface area contributed by atoms with Crippen molar-refractivity contribution in [3.8, 4) is 0 Å². The Morgan fingerprint density at radius 3 is 2.86 bits per heavy atom. The second-order valence-corrected chi connectivity index (χ2v) is 5.77. The maximum absolute atomic E-state index is 11.1. The smallest absolute Gasteiger partial charge is 0.236 e. The summed E-state index contributed by atoms with van der Waals surface area (Å²) in [4.78, 5) is 11.1. The van der Waals surface area contributed by atoms with Gasteiger partial charge >= 0.3 is 0 Å². The highest BCUT2D eigenvalue weighted by atomic mass is 32.2. The molecule has 1 aliphatic heterocycles. The van der Waals surface area contributed by atoms with Crippen molar-refractivity contribution in [3.05, 3.63) is 48.0 Å². The number of carbonyl (C=O) groups is 1. The summed E-state index contributed by atoms with van der Waals surface area (Å²) in [6.07, 6.45) is 1.64. The van der Waals surface area contributed by atoms with Gasteiger partial charge in [0.05, 0.1) is 12.0 Å². The number of nitrogens with zero attached hydrogens (tertiary/aromatic N) is 2. The first-order chi connectivity index (χ1) is 10.8. The van der Waals surface area contributed by atoms with E-state index in [0.717, 1.165) is 27.5 Å². The lowest BCUT2D eigenvalue weighted by molar-refractivity contribution is -0.116. The van der Waals surface area contributed by atoms with E-state index in [9.17, 15) is 4.79 Å². The van der Waals surface area contributed by atoms with Crippen LogP contribution in [0.15, 0.2) is 57.1 Å². The molecule has 0 atom stereocenters. The lowest BCUT2D eigenvalue weighted by Gasteiger charge is -1.94. The van der Waals surface area contributed by atoms with Crippen LogP contribution in [0.2, 0.25) is 0 Å². The Balaban J connectivity index is 1.74. The van der Waals surface area contributed by atoms with Gasteiger partial charge in [0, 0.05) is 16.3 Å². The van der Waals surface area contributed by atoms with Crippen LogP contribution in [0.4, 0.5) is 0 Å². The first-order valence-electron chi connectivity index (χ1n) is 6.75. The monoisotopic (exact) mass is 309 g/mol. The van der Waals surface area contributed by atoms with Crippen LogP contribution in [-0.2, 0) is 4.79 Å². The molecule has 2 aromatic carbocycles. The van der Waals surface area contributed by atoms with Crippen molar-refractivity contribution in [2.45, 2.75) is 0 Å². The first-order valence-corrected chi connectivity index (χ1v) is 7.74. The first kappa shape index (κ1) is 13.1. The van der Waals surface area contributed by atoms with E-state index in [4.69, 9.17) is 4.42 Å². The molecule has 1 saturated heterocycles. The summed E-state index contributed by atoms with van der Waals surface area (Å²) < 4.78 is 5.91. The number of amides is 1. The van der Waals surface area contributed by atoms with Gasteiger partial charge in [0.2, 0.25) is 5.91 Å². The Labute approximate surface area is 130 Å². The third-order valence-corrected chi connectivity index (χ3v) is 4.23. The van der Waals surface area contributed by atoms with Gasteiger partial charge in [0.25, 0.3) is 0 Å². The van der Waals surface area contributed by atoms with Crippen molar-refractivity contribution in [2.24, 2.45) is 10.2 Å². The van der Waals surface area contributed by atoms with Crippen LogP contribution in [-0.4, -0.2) is 23.0 Å². The van der Waals surface area contributed by atoms with Crippen LogP contribution in [0.25, 0.3) is 21.9 Å². The second kappa shape index (κ2) is 5.31. The normalized spacial score (nSPS) is 17.1. The average Bonchev–Trinajstić information content (AvgIpc) is 3.11. The molecule has 1 fully saturated rings. The molecule has 0 unspecified atom stereocenters. The minimum atomic E-state index is -0.0432. The largest absolute Gasteiger partial charge is 0.455 e. The summed E-state index contributed by atoms with van der Waals surface area (Å²) in [6.45, 7) is 0. The summed E-state index contributed by atoms with van der Waals surface area (Å²) in [5, 5.41) is 13.3. The second-order valence-electron chi connectivity index (χ2n) is 4.81. The lowest BCUT2D eigenvalue weighted by Crippen LogP contribution is -2.19. The van der Waals surface area contributed by atoms with Gasteiger partial charge in [0.15, 0.2) is 5.17 Å². The number of para-hydroxylation sites is 2. The van der Waals surface area contributed by atoms with Crippen LogP contribution in [0, 0.1) is 0 Å². The van der Waals surface area contributed by atoms with Crippen LogP contribution in [0.1, 0.15) is 5.56 Å². The number of nitrogens with one attached hydrogen (secondary N) is 1. The van der Waals surface area contributed by atoms with E-state index in [1.165, 1.54) is 11.8 Å². The van der Waals surface area contributed by atoms with E-state index in [1.54, 1.807) is 6.21 Å². The third-order valence-electron chi connectivity index (χ3n) is 3.37. The van der Waals surface area contributed by atoms with E-state index >= 15 is 0 Å². The molecule has 2 heterocycles. The van der Waals surface area contributed by atoms with Crippen LogP contribution in [0.5, 0.6) is 0 Å². The van der Waals surface area contributed by atoms with E-state index in [-0.39, 0.29) is 5.91 Å². The molecule has 0 spiro atoms. The molecule has 1 N–H and O–H groups in total. The Kier molecular flexibility index (Phi) is 3.16. The highest BCUT2D eigenvalue weighted by Gasteiger charge is 2.16. The summed E-state index contributed by atoms with van der Waals surface area (Å²) >= 11 is 1.35. The van der Waals surface area contributed by atoms with Crippen molar-refractivity contribution in [3.63, 3.8) is 0 Å². The van der Waals surface area contributed by atoms with E-state index < -0.39 is 0 Å². The fraction of sp³-hybridized carbons (Fsp3) is 0.0625. The van der Waals surface area contributed by atoms with Crippen LogP contribution >= 0.6 is 11.8 Å². The maximum atomic E-state index is 11.1. The average molecular weight is 309 g/mol. The number of thioether (sulfide) groups is 1. The molecule has 0 saturated carbocycles. The molecule has 6 heteroatoms.